The largest absolute Gasteiger partial charge is 0.505 e. The number of hydrogen-bond donors (Lipinski definition) is 2. The van der Waals surface area contributed by atoms with Gasteiger partial charge < -0.3 is 15.3 Å². The zero-order chi connectivity index (χ0) is 13.8. The van der Waals surface area contributed by atoms with Crippen molar-refractivity contribution in [1.82, 2.24) is 15.2 Å². The molecule has 0 saturated carbocycles. The zero-order valence-electron chi connectivity index (χ0n) is 11.5. The van der Waals surface area contributed by atoms with Gasteiger partial charge in [-0.2, -0.15) is 0 Å². The second-order valence-electron chi connectivity index (χ2n) is 5.22. The first kappa shape index (κ1) is 13.8. The summed E-state index contributed by atoms with van der Waals surface area (Å²) in [7, 11) is 0. The molecule has 0 aromatic carbocycles. The molecule has 1 atom stereocenters. The van der Waals surface area contributed by atoms with Gasteiger partial charge in [-0.15, -0.1) is 0 Å². The van der Waals surface area contributed by atoms with E-state index in [1.54, 1.807) is 11.0 Å². The van der Waals surface area contributed by atoms with E-state index in [0.717, 1.165) is 19.4 Å². The predicted molar refractivity (Wildman–Crippen MR) is 73.1 cm³/mol. The van der Waals surface area contributed by atoms with Gasteiger partial charge in [0.25, 0.3) is 5.91 Å². The second kappa shape index (κ2) is 6.02. The third-order valence-corrected chi connectivity index (χ3v) is 3.45. The van der Waals surface area contributed by atoms with Crippen LogP contribution in [0.2, 0.25) is 0 Å². The third-order valence-electron chi connectivity index (χ3n) is 3.45. The Morgan fingerprint density at radius 3 is 3.00 bits per heavy atom. The molecule has 1 aliphatic heterocycles. The summed E-state index contributed by atoms with van der Waals surface area (Å²) in [5.41, 5.74) is 0.134. The number of rotatable bonds is 4. The van der Waals surface area contributed by atoms with E-state index >= 15 is 0 Å². The average Bonchev–Trinajstić information content (AvgIpc) is 2.88. The first-order valence-corrected chi connectivity index (χ1v) is 6.78. The molecule has 104 valence electrons. The van der Waals surface area contributed by atoms with Crippen molar-refractivity contribution in [2.24, 2.45) is 0 Å². The maximum Gasteiger partial charge on any atom is 0.276 e. The van der Waals surface area contributed by atoms with Gasteiger partial charge in [-0.1, -0.05) is 0 Å². The molecule has 0 bridgehead atoms. The molecule has 0 aliphatic carbocycles. The first-order chi connectivity index (χ1) is 9.09. The first-order valence-electron chi connectivity index (χ1n) is 6.78. The smallest absolute Gasteiger partial charge is 0.276 e. The lowest BCUT2D eigenvalue weighted by Gasteiger charge is -2.29. The molecule has 1 aliphatic rings. The van der Waals surface area contributed by atoms with Crippen LogP contribution in [0.15, 0.2) is 18.3 Å². The van der Waals surface area contributed by atoms with Crippen molar-refractivity contribution in [3.63, 3.8) is 0 Å². The van der Waals surface area contributed by atoms with Crippen LogP contribution in [0, 0.1) is 0 Å². The van der Waals surface area contributed by atoms with Crippen LogP contribution in [-0.2, 0) is 0 Å². The number of pyridine rings is 1. The monoisotopic (exact) mass is 263 g/mol. The number of carbonyl (C=O) groups excluding carboxylic acids is 1. The van der Waals surface area contributed by atoms with Gasteiger partial charge in [0.05, 0.1) is 0 Å². The summed E-state index contributed by atoms with van der Waals surface area (Å²) in [5.74, 6) is -0.265. The lowest BCUT2D eigenvalue weighted by molar-refractivity contribution is 0.0679. The fraction of sp³-hybridized carbons (Fsp3) is 0.571. The number of nitrogens with one attached hydrogen (secondary N) is 1. The van der Waals surface area contributed by atoms with Crippen molar-refractivity contribution in [2.75, 3.05) is 13.1 Å². The van der Waals surface area contributed by atoms with E-state index in [1.807, 2.05) is 13.8 Å². The Labute approximate surface area is 113 Å². The summed E-state index contributed by atoms with van der Waals surface area (Å²) in [4.78, 5) is 18.2. The molecule has 5 heteroatoms. The number of carbonyl (C=O) groups is 1. The Balaban J connectivity index is 2.14. The molecule has 0 radical (unpaired) electrons. The number of hydrogen-bond acceptors (Lipinski definition) is 4. The van der Waals surface area contributed by atoms with Gasteiger partial charge in [-0.25, -0.2) is 4.98 Å². The van der Waals surface area contributed by atoms with Crippen LogP contribution in [0.5, 0.6) is 5.75 Å². The highest BCUT2D eigenvalue weighted by molar-refractivity contribution is 5.95. The van der Waals surface area contributed by atoms with Crippen molar-refractivity contribution >= 4 is 5.91 Å². The van der Waals surface area contributed by atoms with Crippen LogP contribution in [0.25, 0.3) is 0 Å². The number of aromatic nitrogens is 1. The molecule has 2 rings (SSSR count). The molecular weight excluding hydrogens is 242 g/mol. The van der Waals surface area contributed by atoms with E-state index in [2.05, 4.69) is 10.3 Å². The summed E-state index contributed by atoms with van der Waals surface area (Å²) in [6.07, 6.45) is 3.77. The van der Waals surface area contributed by atoms with Crippen molar-refractivity contribution in [3.05, 3.63) is 24.0 Å². The van der Waals surface area contributed by atoms with Crippen LogP contribution in [0.3, 0.4) is 0 Å². The minimum Gasteiger partial charge on any atom is -0.505 e. The van der Waals surface area contributed by atoms with Crippen LogP contribution in [0.1, 0.15) is 37.2 Å². The number of amides is 1. The molecule has 1 saturated heterocycles. The topological polar surface area (TPSA) is 65.5 Å². The zero-order valence-corrected chi connectivity index (χ0v) is 11.5. The van der Waals surface area contributed by atoms with Gasteiger partial charge in [0.15, 0.2) is 5.69 Å². The molecule has 1 aromatic rings. The van der Waals surface area contributed by atoms with Crippen LogP contribution < -0.4 is 5.32 Å². The molecular formula is C14H21N3O2. The van der Waals surface area contributed by atoms with Gasteiger partial charge in [0, 0.05) is 24.8 Å². The Morgan fingerprint density at radius 1 is 1.63 bits per heavy atom. The van der Waals surface area contributed by atoms with E-state index in [0.29, 0.717) is 12.6 Å². The molecule has 1 aromatic heterocycles. The van der Waals surface area contributed by atoms with Gasteiger partial charge >= 0.3 is 0 Å². The molecule has 1 amide bonds. The Bertz CT molecular complexity index is 442. The van der Waals surface area contributed by atoms with E-state index < -0.39 is 0 Å². The van der Waals surface area contributed by atoms with Gasteiger partial charge in [0.1, 0.15) is 5.75 Å². The molecule has 19 heavy (non-hydrogen) atoms. The highest BCUT2D eigenvalue weighted by Crippen LogP contribution is 2.18. The molecule has 0 spiro atoms. The van der Waals surface area contributed by atoms with Crippen LogP contribution in [0.4, 0.5) is 0 Å². The van der Waals surface area contributed by atoms with Crippen molar-refractivity contribution < 1.29 is 9.90 Å². The number of nitrogens with zero attached hydrogens (tertiary/aromatic N) is 2. The summed E-state index contributed by atoms with van der Waals surface area (Å²) >= 11 is 0. The highest BCUT2D eigenvalue weighted by atomic mass is 16.3. The maximum atomic E-state index is 12.5. The van der Waals surface area contributed by atoms with E-state index in [1.165, 1.54) is 12.3 Å². The van der Waals surface area contributed by atoms with Crippen molar-refractivity contribution in [1.29, 1.82) is 0 Å². The second-order valence-corrected chi connectivity index (χ2v) is 5.22. The predicted octanol–water partition coefficient (Wildman–Crippen LogP) is 1.39. The fourth-order valence-corrected chi connectivity index (χ4v) is 2.38. The summed E-state index contributed by atoms with van der Waals surface area (Å²) < 4.78 is 0. The lowest BCUT2D eigenvalue weighted by atomic mass is 10.1. The van der Waals surface area contributed by atoms with E-state index in [9.17, 15) is 9.90 Å². The minimum absolute atomic E-state index is 0.0578. The standard InChI is InChI=1S/C14H21N3O2/c1-10(2)17(9-11-5-3-7-15-11)14(19)13-12(18)6-4-8-16-13/h4,6,8,10-11,15,18H,3,5,7,9H2,1-2H3. The van der Waals surface area contributed by atoms with Crippen LogP contribution >= 0.6 is 0 Å². The molecule has 1 unspecified atom stereocenters. The summed E-state index contributed by atoms with van der Waals surface area (Å²) in [6.45, 7) is 5.63. The fourth-order valence-electron chi connectivity index (χ4n) is 2.38. The quantitative estimate of drug-likeness (QED) is 0.861. The summed E-state index contributed by atoms with van der Waals surface area (Å²) in [6, 6.07) is 3.53. The molecule has 5 nitrogen and oxygen atoms in total. The molecule has 2 heterocycles. The van der Waals surface area contributed by atoms with Gasteiger partial charge in [-0.3, -0.25) is 4.79 Å². The SMILES string of the molecule is CC(C)N(CC1CCCN1)C(=O)c1ncccc1O. The van der Waals surface area contributed by atoms with Crippen LogP contribution in [-0.4, -0.2) is 46.1 Å². The van der Waals surface area contributed by atoms with Crippen molar-refractivity contribution in [2.45, 2.75) is 38.8 Å². The molecule has 2 N–H and O–H groups in total. The Morgan fingerprint density at radius 2 is 2.42 bits per heavy atom. The van der Waals surface area contributed by atoms with E-state index in [4.69, 9.17) is 0 Å². The summed E-state index contributed by atoms with van der Waals surface area (Å²) in [5, 5.41) is 13.1. The Kier molecular flexibility index (Phi) is 4.37. The third kappa shape index (κ3) is 3.23. The van der Waals surface area contributed by atoms with Gasteiger partial charge in [-0.05, 0) is 45.4 Å². The molecule has 1 fully saturated rings. The maximum absolute atomic E-state index is 12.5. The lowest BCUT2D eigenvalue weighted by Crippen LogP contribution is -2.45. The minimum atomic E-state index is -0.207. The number of aromatic hydroxyl groups is 1. The van der Waals surface area contributed by atoms with E-state index in [-0.39, 0.29) is 23.4 Å². The van der Waals surface area contributed by atoms with Crippen molar-refractivity contribution in [3.8, 4) is 5.75 Å². The Hall–Kier alpha value is -1.62. The average molecular weight is 263 g/mol. The van der Waals surface area contributed by atoms with Gasteiger partial charge in [0.2, 0.25) is 0 Å². The highest BCUT2D eigenvalue weighted by Gasteiger charge is 2.26. The normalized spacial score (nSPS) is 18.8.